The summed E-state index contributed by atoms with van der Waals surface area (Å²) in [4.78, 5) is 14.4. The Kier molecular flexibility index (Phi) is 3.26. The Balaban J connectivity index is 2.66. The summed E-state index contributed by atoms with van der Waals surface area (Å²) in [5.74, 6) is 0.765. The van der Waals surface area contributed by atoms with Crippen molar-refractivity contribution < 1.29 is 4.79 Å². The maximum Gasteiger partial charge on any atom is 0.150 e. The zero-order chi connectivity index (χ0) is 8.81. The van der Waals surface area contributed by atoms with Crippen LogP contribution in [0.3, 0.4) is 0 Å². The molecule has 1 heterocycles. The minimum atomic E-state index is 0.656. The number of nitrogens with one attached hydrogen (secondary N) is 1. The number of hydrogen-bond donors (Lipinski definition) is 1. The van der Waals surface area contributed by atoms with E-state index in [0.29, 0.717) is 5.56 Å². The van der Waals surface area contributed by atoms with Crippen LogP contribution in [0.25, 0.3) is 0 Å². The van der Waals surface area contributed by atoms with Crippen LogP contribution < -0.4 is 5.32 Å². The molecule has 1 aromatic rings. The van der Waals surface area contributed by atoms with E-state index in [-0.39, 0.29) is 0 Å². The molecule has 1 rings (SSSR count). The van der Waals surface area contributed by atoms with Gasteiger partial charge in [-0.3, -0.25) is 4.79 Å². The Morgan fingerprint density at radius 1 is 1.67 bits per heavy atom. The molecular weight excluding hydrogens is 152 g/mol. The molecule has 0 atom stereocenters. The number of rotatable bonds is 4. The van der Waals surface area contributed by atoms with E-state index >= 15 is 0 Å². The van der Waals surface area contributed by atoms with Crippen LogP contribution in [0.2, 0.25) is 0 Å². The summed E-state index contributed by atoms with van der Waals surface area (Å²) in [5.41, 5.74) is 0.656. The molecule has 0 bridgehead atoms. The third-order valence-corrected chi connectivity index (χ3v) is 1.48. The molecule has 1 N–H and O–H groups in total. The number of carbonyl (C=O) groups excluding carboxylic acids is 1. The molecule has 1 aromatic heterocycles. The molecule has 3 nitrogen and oxygen atoms in total. The van der Waals surface area contributed by atoms with Gasteiger partial charge >= 0.3 is 0 Å². The van der Waals surface area contributed by atoms with Gasteiger partial charge in [0.2, 0.25) is 0 Å². The number of pyridine rings is 1. The van der Waals surface area contributed by atoms with Crippen molar-refractivity contribution in [1.82, 2.24) is 4.98 Å². The monoisotopic (exact) mass is 164 g/mol. The average molecular weight is 164 g/mol. The predicted molar refractivity (Wildman–Crippen MR) is 48.4 cm³/mol. The van der Waals surface area contributed by atoms with Gasteiger partial charge in [0, 0.05) is 18.3 Å². The van der Waals surface area contributed by atoms with E-state index in [2.05, 4.69) is 17.2 Å². The first-order valence-electron chi connectivity index (χ1n) is 4.02. The Labute approximate surface area is 71.8 Å². The van der Waals surface area contributed by atoms with E-state index in [0.717, 1.165) is 25.1 Å². The van der Waals surface area contributed by atoms with Gasteiger partial charge in [-0.25, -0.2) is 4.98 Å². The van der Waals surface area contributed by atoms with Crippen molar-refractivity contribution in [2.24, 2.45) is 0 Å². The minimum Gasteiger partial charge on any atom is -0.370 e. The summed E-state index contributed by atoms with van der Waals surface area (Å²) in [6.45, 7) is 2.96. The Hall–Kier alpha value is -1.38. The smallest absolute Gasteiger partial charge is 0.150 e. The third kappa shape index (κ3) is 2.34. The van der Waals surface area contributed by atoms with Gasteiger partial charge in [0.1, 0.15) is 12.1 Å². The summed E-state index contributed by atoms with van der Waals surface area (Å²) in [5, 5.41) is 3.10. The van der Waals surface area contributed by atoms with Crippen LogP contribution in [0.15, 0.2) is 18.3 Å². The summed E-state index contributed by atoms with van der Waals surface area (Å²) < 4.78 is 0. The van der Waals surface area contributed by atoms with Crippen molar-refractivity contribution in [3.63, 3.8) is 0 Å². The fourth-order valence-electron chi connectivity index (χ4n) is 0.870. The van der Waals surface area contributed by atoms with Gasteiger partial charge < -0.3 is 5.32 Å². The molecule has 0 spiro atoms. The summed E-state index contributed by atoms with van der Waals surface area (Å²) in [6, 6.07) is 3.42. The first-order chi connectivity index (χ1) is 5.86. The second-order valence-corrected chi connectivity index (χ2v) is 2.52. The molecule has 0 radical (unpaired) electrons. The van der Waals surface area contributed by atoms with Gasteiger partial charge in [-0.15, -0.1) is 0 Å². The number of aromatic nitrogens is 1. The van der Waals surface area contributed by atoms with Gasteiger partial charge in [-0.2, -0.15) is 0 Å². The van der Waals surface area contributed by atoms with Crippen LogP contribution in [0, 0.1) is 0 Å². The number of anilines is 1. The van der Waals surface area contributed by atoms with Crippen molar-refractivity contribution in [3.05, 3.63) is 23.9 Å². The lowest BCUT2D eigenvalue weighted by Crippen LogP contribution is -2.01. The number of nitrogens with zero attached hydrogens (tertiary/aromatic N) is 1. The van der Waals surface area contributed by atoms with Gasteiger partial charge in [-0.1, -0.05) is 6.92 Å². The molecular formula is C9H12N2O. The zero-order valence-corrected chi connectivity index (χ0v) is 7.08. The number of carbonyl (C=O) groups is 1. The largest absolute Gasteiger partial charge is 0.370 e. The van der Waals surface area contributed by atoms with Crippen LogP contribution in [0.1, 0.15) is 23.7 Å². The summed E-state index contributed by atoms with van der Waals surface area (Å²) in [6.07, 6.45) is 3.49. The summed E-state index contributed by atoms with van der Waals surface area (Å²) in [7, 11) is 0. The molecule has 64 valence electrons. The second kappa shape index (κ2) is 4.49. The van der Waals surface area contributed by atoms with E-state index in [1.54, 1.807) is 18.3 Å². The molecule has 3 heteroatoms. The highest BCUT2D eigenvalue weighted by Gasteiger charge is 1.93. The normalized spacial score (nSPS) is 9.42. The molecule has 0 saturated carbocycles. The second-order valence-electron chi connectivity index (χ2n) is 2.52. The van der Waals surface area contributed by atoms with Crippen LogP contribution in [0.5, 0.6) is 0 Å². The predicted octanol–water partition coefficient (Wildman–Crippen LogP) is 1.72. The fourth-order valence-corrected chi connectivity index (χ4v) is 0.870. The van der Waals surface area contributed by atoms with Crippen LogP contribution >= 0.6 is 0 Å². The third-order valence-electron chi connectivity index (χ3n) is 1.48. The molecule has 0 aliphatic heterocycles. The van der Waals surface area contributed by atoms with Crippen molar-refractivity contribution >= 4 is 12.1 Å². The zero-order valence-electron chi connectivity index (χ0n) is 7.08. The molecule has 0 amide bonds. The molecule has 0 fully saturated rings. The van der Waals surface area contributed by atoms with Crippen molar-refractivity contribution in [1.29, 1.82) is 0 Å². The molecule has 12 heavy (non-hydrogen) atoms. The lowest BCUT2D eigenvalue weighted by Gasteiger charge is -2.02. The van der Waals surface area contributed by atoms with E-state index < -0.39 is 0 Å². The van der Waals surface area contributed by atoms with Crippen LogP contribution in [-0.2, 0) is 0 Å². The van der Waals surface area contributed by atoms with Gasteiger partial charge in [-0.05, 0) is 18.6 Å². The highest BCUT2D eigenvalue weighted by Crippen LogP contribution is 2.03. The maximum absolute atomic E-state index is 10.4. The lowest BCUT2D eigenvalue weighted by molar-refractivity contribution is 0.112. The first kappa shape index (κ1) is 8.71. The Morgan fingerprint density at radius 2 is 2.50 bits per heavy atom. The Bertz CT molecular complexity index is 260. The van der Waals surface area contributed by atoms with Gasteiger partial charge in [0.25, 0.3) is 0 Å². The van der Waals surface area contributed by atoms with Crippen molar-refractivity contribution in [3.8, 4) is 0 Å². The molecule has 0 unspecified atom stereocenters. The highest BCUT2D eigenvalue weighted by molar-refractivity contribution is 5.75. The van der Waals surface area contributed by atoms with Crippen molar-refractivity contribution in [2.75, 3.05) is 11.9 Å². The van der Waals surface area contributed by atoms with Crippen LogP contribution in [-0.4, -0.2) is 17.8 Å². The van der Waals surface area contributed by atoms with E-state index in [1.165, 1.54) is 0 Å². The van der Waals surface area contributed by atoms with E-state index in [1.807, 2.05) is 0 Å². The minimum absolute atomic E-state index is 0.656. The van der Waals surface area contributed by atoms with Crippen LogP contribution in [0.4, 0.5) is 5.82 Å². The summed E-state index contributed by atoms with van der Waals surface area (Å²) >= 11 is 0. The molecule has 0 saturated heterocycles. The standard InChI is InChI=1S/C9H12N2O/c1-2-4-10-9-6-8(7-12)3-5-11-9/h3,5-7H,2,4H2,1H3,(H,10,11). The maximum atomic E-state index is 10.4. The van der Waals surface area contributed by atoms with E-state index in [9.17, 15) is 4.79 Å². The first-order valence-corrected chi connectivity index (χ1v) is 4.02. The molecule has 0 aromatic carbocycles. The van der Waals surface area contributed by atoms with E-state index in [4.69, 9.17) is 0 Å². The highest BCUT2D eigenvalue weighted by atomic mass is 16.1. The Morgan fingerprint density at radius 3 is 3.17 bits per heavy atom. The quantitative estimate of drug-likeness (QED) is 0.689. The number of aldehydes is 1. The van der Waals surface area contributed by atoms with Crippen molar-refractivity contribution in [2.45, 2.75) is 13.3 Å². The molecule has 0 aliphatic carbocycles. The average Bonchev–Trinajstić information content (AvgIpc) is 2.15. The lowest BCUT2D eigenvalue weighted by atomic mass is 10.3. The SMILES string of the molecule is CCCNc1cc(C=O)ccn1. The number of hydrogen-bond acceptors (Lipinski definition) is 3. The fraction of sp³-hybridized carbons (Fsp3) is 0.333. The molecule has 0 aliphatic rings. The van der Waals surface area contributed by atoms with Gasteiger partial charge in [0.05, 0.1) is 0 Å². The van der Waals surface area contributed by atoms with Gasteiger partial charge in [0.15, 0.2) is 0 Å². The topological polar surface area (TPSA) is 42.0 Å².